The minimum atomic E-state index is 0.337. The van der Waals surface area contributed by atoms with Gasteiger partial charge in [0.2, 0.25) is 0 Å². The number of furan rings is 1. The van der Waals surface area contributed by atoms with Gasteiger partial charge in [0.05, 0.1) is 12.8 Å². The zero-order valence-corrected chi connectivity index (χ0v) is 10.8. The first-order chi connectivity index (χ1) is 7.27. The second kappa shape index (κ2) is 4.96. The quantitative estimate of drug-likeness (QED) is 0.920. The molecular weight excluding hydrogens is 274 g/mol. The predicted molar refractivity (Wildman–Crippen MR) is 66.0 cm³/mol. The fourth-order valence-electron chi connectivity index (χ4n) is 1.37. The Morgan fingerprint density at radius 1 is 1.53 bits per heavy atom. The van der Waals surface area contributed by atoms with Crippen molar-refractivity contribution in [2.45, 2.75) is 19.5 Å². The van der Waals surface area contributed by atoms with Crippen LogP contribution in [0.1, 0.15) is 23.6 Å². The van der Waals surface area contributed by atoms with Gasteiger partial charge in [0, 0.05) is 15.4 Å². The lowest BCUT2D eigenvalue weighted by Gasteiger charge is -2.11. The van der Waals surface area contributed by atoms with Crippen LogP contribution in [0.5, 0.6) is 0 Å². The Kier molecular flexibility index (Phi) is 3.61. The minimum absolute atomic E-state index is 0.337. The molecule has 15 heavy (non-hydrogen) atoms. The monoisotopic (exact) mass is 285 g/mol. The maximum atomic E-state index is 5.26. The molecule has 2 rings (SSSR count). The van der Waals surface area contributed by atoms with Crippen LogP contribution in [-0.2, 0) is 6.54 Å². The van der Waals surface area contributed by atoms with Crippen LogP contribution in [0.15, 0.2) is 38.7 Å². The summed E-state index contributed by atoms with van der Waals surface area (Å²) in [7, 11) is 0. The molecule has 2 aromatic heterocycles. The number of halogens is 1. The molecule has 0 spiro atoms. The van der Waals surface area contributed by atoms with Crippen molar-refractivity contribution < 1.29 is 4.42 Å². The SMILES string of the molecule is CC(NCc1ccco1)c1sccc1Br. The maximum Gasteiger partial charge on any atom is 0.117 e. The molecule has 0 aliphatic heterocycles. The molecule has 2 nitrogen and oxygen atoms in total. The van der Waals surface area contributed by atoms with Crippen molar-refractivity contribution in [3.8, 4) is 0 Å². The number of thiophene rings is 1. The third-order valence-corrected chi connectivity index (χ3v) is 4.25. The Bertz CT molecular complexity index is 410. The summed E-state index contributed by atoms with van der Waals surface area (Å²) in [6, 6.07) is 6.29. The van der Waals surface area contributed by atoms with Crippen molar-refractivity contribution in [1.82, 2.24) is 5.32 Å². The van der Waals surface area contributed by atoms with E-state index in [-0.39, 0.29) is 0 Å². The Balaban J connectivity index is 1.93. The second-order valence-electron chi connectivity index (χ2n) is 3.31. The zero-order chi connectivity index (χ0) is 10.7. The van der Waals surface area contributed by atoms with Crippen molar-refractivity contribution in [2.24, 2.45) is 0 Å². The molecule has 2 aromatic rings. The average Bonchev–Trinajstić information content (AvgIpc) is 2.84. The Hall–Kier alpha value is -0.580. The molecule has 0 amide bonds. The van der Waals surface area contributed by atoms with Gasteiger partial charge in [-0.15, -0.1) is 11.3 Å². The molecule has 0 fully saturated rings. The lowest BCUT2D eigenvalue weighted by Crippen LogP contribution is -2.16. The first-order valence-electron chi connectivity index (χ1n) is 4.76. The Morgan fingerprint density at radius 3 is 3.00 bits per heavy atom. The van der Waals surface area contributed by atoms with Gasteiger partial charge in [-0.05, 0) is 46.4 Å². The fraction of sp³-hybridized carbons (Fsp3) is 0.273. The average molecular weight is 286 g/mol. The van der Waals surface area contributed by atoms with Crippen LogP contribution >= 0.6 is 27.3 Å². The van der Waals surface area contributed by atoms with Gasteiger partial charge in [0.15, 0.2) is 0 Å². The van der Waals surface area contributed by atoms with E-state index < -0.39 is 0 Å². The molecule has 1 unspecified atom stereocenters. The normalized spacial score (nSPS) is 12.9. The first kappa shape index (κ1) is 10.9. The van der Waals surface area contributed by atoms with Gasteiger partial charge in [0.1, 0.15) is 5.76 Å². The number of hydrogen-bond acceptors (Lipinski definition) is 3. The van der Waals surface area contributed by atoms with Crippen molar-refractivity contribution >= 4 is 27.3 Å². The molecule has 1 N–H and O–H groups in total. The third-order valence-electron chi connectivity index (χ3n) is 2.20. The van der Waals surface area contributed by atoms with E-state index in [0.29, 0.717) is 6.04 Å². The van der Waals surface area contributed by atoms with Crippen molar-refractivity contribution in [3.05, 3.63) is 45.0 Å². The van der Waals surface area contributed by atoms with Crippen LogP contribution in [0.4, 0.5) is 0 Å². The van der Waals surface area contributed by atoms with Gasteiger partial charge < -0.3 is 9.73 Å². The predicted octanol–water partition coefficient (Wildman–Crippen LogP) is 3.95. The molecular formula is C11H12BrNOS. The molecule has 0 aliphatic rings. The topological polar surface area (TPSA) is 25.2 Å². The molecule has 0 aliphatic carbocycles. The van der Waals surface area contributed by atoms with E-state index in [1.165, 1.54) is 9.35 Å². The summed E-state index contributed by atoms with van der Waals surface area (Å²) in [5, 5.41) is 5.50. The van der Waals surface area contributed by atoms with Crippen LogP contribution in [0, 0.1) is 0 Å². The second-order valence-corrected chi connectivity index (χ2v) is 5.12. The highest BCUT2D eigenvalue weighted by molar-refractivity contribution is 9.10. The summed E-state index contributed by atoms with van der Waals surface area (Å²) >= 11 is 5.29. The lowest BCUT2D eigenvalue weighted by atomic mass is 10.2. The van der Waals surface area contributed by atoms with E-state index in [1.54, 1.807) is 17.6 Å². The third kappa shape index (κ3) is 2.71. The van der Waals surface area contributed by atoms with Gasteiger partial charge in [-0.2, -0.15) is 0 Å². The minimum Gasteiger partial charge on any atom is -0.468 e. The summed E-state index contributed by atoms with van der Waals surface area (Å²) in [6.45, 7) is 2.91. The molecule has 0 aromatic carbocycles. The van der Waals surface area contributed by atoms with Gasteiger partial charge in [-0.3, -0.25) is 0 Å². The van der Waals surface area contributed by atoms with Crippen LogP contribution < -0.4 is 5.32 Å². The number of rotatable bonds is 4. The zero-order valence-electron chi connectivity index (χ0n) is 8.37. The van der Waals surface area contributed by atoms with Gasteiger partial charge in [-0.25, -0.2) is 0 Å². The molecule has 2 heterocycles. The Labute approximate surface area is 101 Å². The van der Waals surface area contributed by atoms with Crippen LogP contribution in [0.3, 0.4) is 0 Å². The first-order valence-corrected chi connectivity index (χ1v) is 6.43. The molecule has 0 saturated heterocycles. The molecule has 0 bridgehead atoms. The number of hydrogen-bond donors (Lipinski definition) is 1. The smallest absolute Gasteiger partial charge is 0.117 e. The highest BCUT2D eigenvalue weighted by Crippen LogP contribution is 2.28. The lowest BCUT2D eigenvalue weighted by molar-refractivity contribution is 0.462. The van der Waals surface area contributed by atoms with E-state index in [0.717, 1.165) is 12.3 Å². The molecule has 0 saturated carbocycles. The maximum absolute atomic E-state index is 5.26. The van der Waals surface area contributed by atoms with E-state index in [1.807, 2.05) is 12.1 Å². The van der Waals surface area contributed by atoms with E-state index in [9.17, 15) is 0 Å². The highest BCUT2D eigenvalue weighted by Gasteiger charge is 2.10. The largest absolute Gasteiger partial charge is 0.468 e. The van der Waals surface area contributed by atoms with Crippen molar-refractivity contribution in [1.29, 1.82) is 0 Å². The standard InChI is InChI=1S/C11H12BrNOS/c1-8(11-10(12)4-6-15-11)13-7-9-3-2-5-14-9/h2-6,8,13H,7H2,1H3. The van der Waals surface area contributed by atoms with Crippen molar-refractivity contribution in [3.63, 3.8) is 0 Å². The molecule has 80 valence electrons. The summed E-state index contributed by atoms with van der Waals surface area (Å²) in [5.41, 5.74) is 0. The van der Waals surface area contributed by atoms with Crippen molar-refractivity contribution in [2.75, 3.05) is 0 Å². The summed E-state index contributed by atoms with van der Waals surface area (Å²) < 4.78 is 6.43. The van der Waals surface area contributed by atoms with Gasteiger partial charge in [0.25, 0.3) is 0 Å². The van der Waals surface area contributed by atoms with E-state index in [4.69, 9.17) is 4.42 Å². The Morgan fingerprint density at radius 2 is 2.40 bits per heavy atom. The summed E-state index contributed by atoms with van der Waals surface area (Å²) in [5.74, 6) is 0.967. The van der Waals surface area contributed by atoms with E-state index >= 15 is 0 Å². The van der Waals surface area contributed by atoms with Crippen LogP contribution in [0.25, 0.3) is 0 Å². The number of nitrogens with one attached hydrogen (secondary N) is 1. The fourth-order valence-corrected chi connectivity index (χ4v) is 3.12. The molecule has 4 heteroatoms. The van der Waals surface area contributed by atoms with Crippen LogP contribution in [-0.4, -0.2) is 0 Å². The van der Waals surface area contributed by atoms with Gasteiger partial charge >= 0.3 is 0 Å². The molecule has 0 radical (unpaired) electrons. The highest BCUT2D eigenvalue weighted by atomic mass is 79.9. The molecule has 1 atom stereocenters. The van der Waals surface area contributed by atoms with E-state index in [2.05, 4.69) is 39.6 Å². The summed E-state index contributed by atoms with van der Waals surface area (Å²) in [4.78, 5) is 1.32. The van der Waals surface area contributed by atoms with Crippen LogP contribution in [0.2, 0.25) is 0 Å². The summed E-state index contributed by atoms with van der Waals surface area (Å²) in [6.07, 6.45) is 1.70. The van der Waals surface area contributed by atoms with Gasteiger partial charge in [-0.1, -0.05) is 0 Å².